The summed E-state index contributed by atoms with van der Waals surface area (Å²) in [5, 5.41) is 2.58. The van der Waals surface area contributed by atoms with Gasteiger partial charge in [-0.3, -0.25) is 9.59 Å². The van der Waals surface area contributed by atoms with Gasteiger partial charge in [0.1, 0.15) is 0 Å². The smallest absolute Gasteiger partial charge is 0.251 e. The van der Waals surface area contributed by atoms with Crippen LogP contribution < -0.4 is 21.7 Å². The molecule has 0 saturated carbocycles. The summed E-state index contributed by atoms with van der Waals surface area (Å²) in [7, 11) is 1.58. The van der Waals surface area contributed by atoms with E-state index in [1.165, 1.54) is 0 Å². The van der Waals surface area contributed by atoms with E-state index in [0.29, 0.717) is 30.8 Å². The topological polar surface area (TPSA) is 101 Å². The molecule has 0 aliphatic carbocycles. The van der Waals surface area contributed by atoms with Crippen molar-refractivity contribution in [3.8, 4) is 0 Å². The molecule has 2 rings (SSSR count). The summed E-state index contributed by atoms with van der Waals surface area (Å²) in [6.45, 7) is 3.07. The van der Waals surface area contributed by atoms with E-state index in [4.69, 9.17) is 11.5 Å². The van der Waals surface area contributed by atoms with Crippen LogP contribution >= 0.6 is 0 Å². The average molecular weight is 276 g/mol. The first kappa shape index (κ1) is 14.2. The molecular formula is C14H20N4O2. The quantitative estimate of drug-likeness (QED) is 0.692. The maximum absolute atomic E-state index is 11.7. The molecular weight excluding hydrogens is 256 g/mol. The van der Waals surface area contributed by atoms with Crippen molar-refractivity contribution in [2.45, 2.75) is 13.3 Å². The number of amides is 2. The Balaban J connectivity index is 2.30. The van der Waals surface area contributed by atoms with Gasteiger partial charge in [0.15, 0.2) is 0 Å². The van der Waals surface area contributed by atoms with Crippen molar-refractivity contribution >= 4 is 23.2 Å². The number of nitrogens with two attached hydrogens (primary N) is 2. The highest BCUT2D eigenvalue weighted by Crippen LogP contribution is 2.35. The molecule has 1 heterocycles. The molecule has 5 N–H and O–H groups in total. The first-order valence-corrected chi connectivity index (χ1v) is 6.54. The van der Waals surface area contributed by atoms with Crippen molar-refractivity contribution in [1.82, 2.24) is 5.32 Å². The predicted molar refractivity (Wildman–Crippen MR) is 78.4 cm³/mol. The highest BCUT2D eigenvalue weighted by molar-refractivity contribution is 5.96. The lowest BCUT2D eigenvalue weighted by atomic mass is 9.89. The number of carbonyl (C=O) groups excluding carboxylic acids is 2. The molecule has 108 valence electrons. The summed E-state index contributed by atoms with van der Waals surface area (Å²) in [5.41, 5.74) is 12.8. The predicted octanol–water partition coefficient (Wildman–Crippen LogP) is 0.330. The second-order valence-electron chi connectivity index (χ2n) is 5.45. The number of nitrogens with one attached hydrogen (secondary N) is 1. The van der Waals surface area contributed by atoms with E-state index in [1.54, 1.807) is 25.2 Å². The van der Waals surface area contributed by atoms with Crippen LogP contribution in [0.15, 0.2) is 18.2 Å². The summed E-state index contributed by atoms with van der Waals surface area (Å²) >= 11 is 0. The number of carbonyl (C=O) groups is 2. The number of nitrogen functional groups attached to an aromatic ring is 1. The van der Waals surface area contributed by atoms with E-state index in [9.17, 15) is 9.59 Å². The number of benzene rings is 1. The molecule has 1 aromatic carbocycles. The molecule has 1 unspecified atom stereocenters. The van der Waals surface area contributed by atoms with Crippen molar-refractivity contribution in [2.75, 3.05) is 30.8 Å². The Morgan fingerprint density at radius 1 is 1.40 bits per heavy atom. The van der Waals surface area contributed by atoms with Gasteiger partial charge in [0.2, 0.25) is 5.91 Å². The SMILES string of the molecule is CNC(=O)c1ccc(N)c(N2CCC(C)(C(N)=O)C2)c1. The summed E-state index contributed by atoms with van der Waals surface area (Å²) in [6.07, 6.45) is 0.686. The van der Waals surface area contributed by atoms with Gasteiger partial charge in [0.25, 0.3) is 5.91 Å². The Hall–Kier alpha value is -2.24. The van der Waals surface area contributed by atoms with Crippen molar-refractivity contribution < 1.29 is 9.59 Å². The van der Waals surface area contributed by atoms with Gasteiger partial charge in [-0.25, -0.2) is 0 Å². The maximum atomic E-state index is 11.7. The lowest BCUT2D eigenvalue weighted by Crippen LogP contribution is -2.37. The fourth-order valence-electron chi connectivity index (χ4n) is 2.47. The van der Waals surface area contributed by atoms with Crippen LogP contribution in [-0.4, -0.2) is 32.0 Å². The molecule has 6 heteroatoms. The molecule has 1 aromatic rings. The van der Waals surface area contributed by atoms with E-state index in [-0.39, 0.29) is 11.8 Å². The van der Waals surface area contributed by atoms with E-state index in [1.807, 2.05) is 11.8 Å². The van der Waals surface area contributed by atoms with Gasteiger partial charge in [0, 0.05) is 25.7 Å². The van der Waals surface area contributed by atoms with Crippen LogP contribution in [0, 0.1) is 5.41 Å². The fourth-order valence-corrected chi connectivity index (χ4v) is 2.47. The number of anilines is 2. The van der Waals surface area contributed by atoms with Crippen LogP contribution in [0.25, 0.3) is 0 Å². The van der Waals surface area contributed by atoms with E-state index in [0.717, 1.165) is 5.69 Å². The van der Waals surface area contributed by atoms with Gasteiger partial charge in [-0.15, -0.1) is 0 Å². The fraction of sp³-hybridized carbons (Fsp3) is 0.429. The minimum absolute atomic E-state index is 0.164. The summed E-state index contributed by atoms with van der Waals surface area (Å²) < 4.78 is 0. The zero-order valence-electron chi connectivity index (χ0n) is 11.8. The second-order valence-corrected chi connectivity index (χ2v) is 5.45. The second kappa shape index (κ2) is 5.03. The van der Waals surface area contributed by atoms with Crippen LogP contribution in [0.1, 0.15) is 23.7 Å². The zero-order valence-corrected chi connectivity index (χ0v) is 11.8. The van der Waals surface area contributed by atoms with Gasteiger partial charge < -0.3 is 21.7 Å². The first-order valence-electron chi connectivity index (χ1n) is 6.54. The van der Waals surface area contributed by atoms with Crippen molar-refractivity contribution in [3.05, 3.63) is 23.8 Å². The Morgan fingerprint density at radius 2 is 2.10 bits per heavy atom. The molecule has 20 heavy (non-hydrogen) atoms. The normalized spacial score (nSPS) is 21.8. The van der Waals surface area contributed by atoms with Crippen LogP contribution in [0.5, 0.6) is 0 Å². The summed E-state index contributed by atoms with van der Waals surface area (Å²) in [6, 6.07) is 5.14. The van der Waals surface area contributed by atoms with Crippen LogP contribution in [0.2, 0.25) is 0 Å². The third-order valence-corrected chi connectivity index (χ3v) is 3.93. The highest BCUT2D eigenvalue weighted by atomic mass is 16.2. The summed E-state index contributed by atoms with van der Waals surface area (Å²) in [4.78, 5) is 25.2. The van der Waals surface area contributed by atoms with Gasteiger partial charge in [-0.05, 0) is 31.5 Å². The van der Waals surface area contributed by atoms with E-state index < -0.39 is 5.41 Å². The van der Waals surface area contributed by atoms with Crippen molar-refractivity contribution in [2.24, 2.45) is 11.1 Å². The van der Waals surface area contributed by atoms with Crippen molar-refractivity contribution in [3.63, 3.8) is 0 Å². The maximum Gasteiger partial charge on any atom is 0.251 e. The molecule has 0 radical (unpaired) electrons. The molecule has 1 fully saturated rings. The molecule has 0 spiro atoms. The Morgan fingerprint density at radius 3 is 2.65 bits per heavy atom. The molecule has 1 atom stereocenters. The van der Waals surface area contributed by atoms with Crippen molar-refractivity contribution in [1.29, 1.82) is 0 Å². The monoisotopic (exact) mass is 276 g/mol. The minimum Gasteiger partial charge on any atom is -0.397 e. The number of hydrogen-bond donors (Lipinski definition) is 3. The lowest BCUT2D eigenvalue weighted by Gasteiger charge is -2.24. The molecule has 1 saturated heterocycles. The largest absolute Gasteiger partial charge is 0.397 e. The zero-order chi connectivity index (χ0) is 14.9. The molecule has 2 amide bonds. The number of nitrogens with zero attached hydrogens (tertiary/aromatic N) is 1. The molecule has 1 aliphatic heterocycles. The van der Waals surface area contributed by atoms with Crippen LogP contribution in [0.4, 0.5) is 11.4 Å². The lowest BCUT2D eigenvalue weighted by molar-refractivity contribution is -0.125. The Bertz CT molecular complexity index is 558. The van der Waals surface area contributed by atoms with Gasteiger partial charge in [0.05, 0.1) is 16.8 Å². The van der Waals surface area contributed by atoms with E-state index >= 15 is 0 Å². The molecule has 0 bridgehead atoms. The average Bonchev–Trinajstić information content (AvgIpc) is 2.82. The third-order valence-electron chi connectivity index (χ3n) is 3.93. The number of primary amides is 1. The molecule has 1 aliphatic rings. The first-order chi connectivity index (χ1) is 9.37. The van der Waals surface area contributed by atoms with Gasteiger partial charge in [-0.2, -0.15) is 0 Å². The standard InChI is InChI=1S/C14H20N4O2/c1-14(13(16)20)5-6-18(8-14)11-7-9(12(19)17-2)3-4-10(11)15/h3-4,7H,5-6,8,15H2,1-2H3,(H2,16,20)(H,17,19). The van der Waals surface area contributed by atoms with Crippen LogP contribution in [0.3, 0.4) is 0 Å². The third kappa shape index (κ3) is 2.41. The van der Waals surface area contributed by atoms with E-state index in [2.05, 4.69) is 5.32 Å². The van der Waals surface area contributed by atoms with Crippen LogP contribution in [-0.2, 0) is 4.79 Å². The Labute approximate surface area is 118 Å². The molecule has 0 aromatic heterocycles. The molecule has 6 nitrogen and oxygen atoms in total. The number of hydrogen-bond acceptors (Lipinski definition) is 4. The minimum atomic E-state index is -0.546. The number of rotatable bonds is 3. The van der Waals surface area contributed by atoms with Gasteiger partial charge >= 0.3 is 0 Å². The summed E-state index contributed by atoms with van der Waals surface area (Å²) in [5.74, 6) is -0.468. The van der Waals surface area contributed by atoms with Gasteiger partial charge in [-0.1, -0.05) is 0 Å². The Kier molecular flexibility index (Phi) is 3.57. The highest BCUT2D eigenvalue weighted by Gasteiger charge is 2.39.